The minimum Gasteiger partial charge on any atom is -0.198 e. The molecule has 1 aromatic carbocycles. The molecule has 0 bridgehead atoms. The second kappa shape index (κ2) is 6.92. The minimum absolute atomic E-state index is 0.677. The lowest BCUT2D eigenvalue weighted by molar-refractivity contribution is 0.830. The van der Waals surface area contributed by atoms with Gasteiger partial charge in [-0.15, -0.1) is 11.8 Å². The Morgan fingerprint density at radius 1 is 1.29 bits per heavy atom. The molecule has 3 heteroatoms. The Hall–Kier alpha value is -0.460. The maximum atomic E-state index is 8.36. The van der Waals surface area contributed by atoms with E-state index in [4.69, 9.17) is 5.26 Å². The van der Waals surface area contributed by atoms with E-state index in [2.05, 4.69) is 34.1 Å². The van der Waals surface area contributed by atoms with Crippen LogP contribution in [-0.2, 0) is 0 Å². The largest absolute Gasteiger partial charge is 0.198 e. The van der Waals surface area contributed by atoms with E-state index in [-0.39, 0.29) is 0 Å². The molecule has 1 aromatic rings. The number of thioether (sulfide) groups is 1. The van der Waals surface area contributed by atoms with Crippen LogP contribution in [0, 0.1) is 11.3 Å². The predicted molar refractivity (Wildman–Crippen MR) is 64.3 cm³/mol. The molecule has 0 aliphatic carbocycles. The van der Waals surface area contributed by atoms with Crippen molar-refractivity contribution in [1.29, 1.82) is 5.26 Å². The first kappa shape index (κ1) is 11.6. The Kier molecular flexibility index (Phi) is 5.74. The fourth-order valence-electron chi connectivity index (χ4n) is 1.05. The molecule has 0 heterocycles. The summed E-state index contributed by atoms with van der Waals surface area (Å²) in [6, 6.07) is 10.4. The Bertz CT molecular complexity index is 319. The predicted octanol–water partition coefficient (Wildman–Crippen LogP) is 4.24. The molecule has 0 radical (unpaired) electrons. The fourth-order valence-corrected chi connectivity index (χ4v) is 2.63. The number of benzene rings is 1. The molecular weight excluding hydrogens is 258 g/mol. The molecule has 74 valence electrons. The molecule has 0 aliphatic rings. The maximum Gasteiger partial charge on any atom is 0.0621 e. The third-order valence-corrected chi connectivity index (χ3v) is 3.89. The highest BCUT2D eigenvalue weighted by atomic mass is 79.9. The lowest BCUT2D eigenvalue weighted by atomic mass is 10.3. The summed E-state index contributed by atoms with van der Waals surface area (Å²) in [6.45, 7) is 0. The van der Waals surface area contributed by atoms with Crippen LogP contribution >= 0.6 is 27.7 Å². The number of hydrogen-bond donors (Lipinski definition) is 0. The van der Waals surface area contributed by atoms with E-state index < -0.39 is 0 Å². The molecule has 0 N–H and O–H groups in total. The number of nitriles is 1. The highest BCUT2D eigenvalue weighted by Gasteiger charge is 1.98. The van der Waals surface area contributed by atoms with Crippen LogP contribution in [0.5, 0.6) is 0 Å². The van der Waals surface area contributed by atoms with Crippen molar-refractivity contribution in [3.05, 3.63) is 28.7 Å². The van der Waals surface area contributed by atoms with Crippen LogP contribution in [0.1, 0.15) is 19.3 Å². The number of unbranched alkanes of at least 4 members (excludes halogenated alkanes) is 2. The van der Waals surface area contributed by atoms with Gasteiger partial charge in [0.2, 0.25) is 0 Å². The first-order chi connectivity index (χ1) is 6.84. The molecule has 0 spiro atoms. The van der Waals surface area contributed by atoms with Gasteiger partial charge in [-0.2, -0.15) is 5.26 Å². The highest BCUT2D eigenvalue weighted by Crippen LogP contribution is 2.27. The van der Waals surface area contributed by atoms with Crippen LogP contribution in [0.3, 0.4) is 0 Å². The molecule has 0 saturated heterocycles. The molecule has 1 rings (SSSR count). The van der Waals surface area contributed by atoms with Crippen molar-refractivity contribution in [2.45, 2.75) is 24.2 Å². The van der Waals surface area contributed by atoms with E-state index in [0.29, 0.717) is 6.42 Å². The monoisotopic (exact) mass is 269 g/mol. The van der Waals surface area contributed by atoms with Gasteiger partial charge in [-0.25, -0.2) is 0 Å². The summed E-state index contributed by atoms with van der Waals surface area (Å²) in [6.07, 6.45) is 2.80. The quantitative estimate of drug-likeness (QED) is 0.590. The van der Waals surface area contributed by atoms with Gasteiger partial charge in [0, 0.05) is 15.8 Å². The molecule has 0 unspecified atom stereocenters. The molecule has 0 aliphatic heterocycles. The number of rotatable bonds is 5. The van der Waals surface area contributed by atoms with E-state index >= 15 is 0 Å². The highest BCUT2D eigenvalue weighted by molar-refractivity contribution is 9.10. The molecule has 0 saturated carbocycles. The van der Waals surface area contributed by atoms with Gasteiger partial charge >= 0.3 is 0 Å². The zero-order valence-corrected chi connectivity index (χ0v) is 10.3. The molecule has 0 atom stereocenters. The second-order valence-electron chi connectivity index (χ2n) is 2.89. The lowest BCUT2D eigenvalue weighted by Crippen LogP contribution is -1.81. The summed E-state index contributed by atoms with van der Waals surface area (Å²) in [7, 11) is 0. The van der Waals surface area contributed by atoms with Gasteiger partial charge in [0.25, 0.3) is 0 Å². The summed E-state index contributed by atoms with van der Waals surface area (Å²) >= 11 is 5.35. The zero-order chi connectivity index (χ0) is 10.2. The van der Waals surface area contributed by atoms with Crippen molar-refractivity contribution >= 4 is 27.7 Å². The van der Waals surface area contributed by atoms with Gasteiger partial charge in [0.1, 0.15) is 0 Å². The van der Waals surface area contributed by atoms with Crippen LogP contribution in [0.25, 0.3) is 0 Å². The van der Waals surface area contributed by atoms with E-state index in [1.54, 1.807) is 0 Å². The van der Waals surface area contributed by atoms with Crippen molar-refractivity contribution in [2.24, 2.45) is 0 Å². The van der Waals surface area contributed by atoms with Crippen molar-refractivity contribution in [1.82, 2.24) is 0 Å². The van der Waals surface area contributed by atoms with Crippen molar-refractivity contribution in [2.75, 3.05) is 5.75 Å². The van der Waals surface area contributed by atoms with Crippen LogP contribution < -0.4 is 0 Å². The summed E-state index contributed by atoms with van der Waals surface area (Å²) < 4.78 is 1.16. The summed E-state index contributed by atoms with van der Waals surface area (Å²) in [5.74, 6) is 1.09. The Morgan fingerprint density at radius 3 is 2.79 bits per heavy atom. The smallest absolute Gasteiger partial charge is 0.0621 e. The second-order valence-corrected chi connectivity index (χ2v) is 4.89. The van der Waals surface area contributed by atoms with Gasteiger partial charge in [0.05, 0.1) is 6.07 Å². The van der Waals surface area contributed by atoms with Crippen molar-refractivity contribution in [3.8, 4) is 6.07 Å². The average molecular weight is 270 g/mol. The molecular formula is C11H12BrNS. The molecule has 1 nitrogen and oxygen atoms in total. The van der Waals surface area contributed by atoms with Gasteiger partial charge in [-0.3, -0.25) is 0 Å². The van der Waals surface area contributed by atoms with Crippen molar-refractivity contribution < 1.29 is 0 Å². The Balaban J connectivity index is 2.25. The molecule has 0 amide bonds. The summed E-state index contributed by atoms with van der Waals surface area (Å²) in [5, 5.41) is 8.36. The van der Waals surface area contributed by atoms with E-state index in [0.717, 1.165) is 23.1 Å². The number of halogens is 1. The first-order valence-corrected chi connectivity index (χ1v) is 6.36. The third kappa shape index (κ3) is 4.17. The normalized spacial score (nSPS) is 9.71. The Morgan fingerprint density at radius 2 is 2.07 bits per heavy atom. The average Bonchev–Trinajstić information content (AvgIpc) is 2.20. The summed E-state index contributed by atoms with van der Waals surface area (Å²) in [4.78, 5) is 1.28. The van der Waals surface area contributed by atoms with Crippen molar-refractivity contribution in [3.63, 3.8) is 0 Å². The van der Waals surface area contributed by atoms with E-state index in [1.165, 1.54) is 4.90 Å². The lowest BCUT2D eigenvalue weighted by Gasteiger charge is -2.02. The molecule has 0 fully saturated rings. The standard InChI is InChI=1S/C11H12BrNS/c12-10-6-2-3-7-11(10)14-9-5-1-4-8-13/h2-3,6-7H,1,4-5,9H2. The van der Waals surface area contributed by atoms with Gasteiger partial charge in [-0.1, -0.05) is 12.1 Å². The SMILES string of the molecule is N#CCCCCSc1ccccc1Br. The molecule has 14 heavy (non-hydrogen) atoms. The van der Waals surface area contributed by atoms with Crippen LogP contribution in [0.15, 0.2) is 33.6 Å². The van der Waals surface area contributed by atoms with Gasteiger partial charge < -0.3 is 0 Å². The van der Waals surface area contributed by atoms with Gasteiger partial charge in [-0.05, 0) is 46.7 Å². The van der Waals surface area contributed by atoms with E-state index in [1.807, 2.05) is 23.9 Å². The number of nitrogens with zero attached hydrogens (tertiary/aromatic N) is 1. The maximum absolute atomic E-state index is 8.36. The van der Waals surface area contributed by atoms with Gasteiger partial charge in [0.15, 0.2) is 0 Å². The van der Waals surface area contributed by atoms with E-state index in [9.17, 15) is 0 Å². The fraction of sp³-hybridized carbons (Fsp3) is 0.364. The first-order valence-electron chi connectivity index (χ1n) is 4.59. The number of hydrogen-bond acceptors (Lipinski definition) is 2. The third-order valence-electron chi connectivity index (χ3n) is 1.78. The summed E-state index contributed by atoms with van der Waals surface area (Å²) in [5.41, 5.74) is 0. The van der Waals surface area contributed by atoms with Crippen LogP contribution in [0.2, 0.25) is 0 Å². The molecule has 0 aromatic heterocycles. The zero-order valence-electron chi connectivity index (χ0n) is 7.87. The van der Waals surface area contributed by atoms with Crippen LogP contribution in [0.4, 0.5) is 0 Å². The Labute approximate surface area is 97.6 Å². The minimum atomic E-state index is 0.677. The topological polar surface area (TPSA) is 23.8 Å². The van der Waals surface area contributed by atoms with Crippen LogP contribution in [-0.4, -0.2) is 5.75 Å².